The molecule has 0 radical (unpaired) electrons. The number of fused-ring (bicyclic) bond motifs is 11. The van der Waals surface area contributed by atoms with Gasteiger partial charge < -0.3 is 112 Å². The second-order valence-electron chi connectivity index (χ2n) is 28.6. The number of amides is 7. The summed E-state index contributed by atoms with van der Waals surface area (Å²) in [4.78, 5) is 124. The van der Waals surface area contributed by atoms with E-state index >= 15 is 24.0 Å². The number of ether oxygens (including phenoxy) is 5. The predicted octanol–water partition coefficient (Wildman–Crippen LogP) is 4.40. The highest BCUT2D eigenvalue weighted by atomic mass is 35.5. The molecule has 0 aromatic heterocycles. The number of allylic oxidation sites excluding steroid dienone is 2. The Morgan fingerprint density at radius 3 is 1.95 bits per heavy atom. The number of carbonyl (C=O) groups excluding carboxylic acids is 7. The molecular formula is C77H82Cl2N8O23. The van der Waals surface area contributed by atoms with Crippen molar-refractivity contribution in [3.05, 3.63) is 169 Å². The first kappa shape index (κ1) is 78.0. The number of hydrogen-bond acceptors (Lipinski definition) is 23. The van der Waals surface area contributed by atoms with Crippen molar-refractivity contribution in [2.75, 3.05) is 20.7 Å². The summed E-state index contributed by atoms with van der Waals surface area (Å²) in [5.74, 6) is -17.6. The van der Waals surface area contributed by atoms with Gasteiger partial charge >= 0.3 is 5.97 Å². The molecule has 17 bridgehead atoms. The van der Waals surface area contributed by atoms with Crippen LogP contribution in [0.15, 0.2) is 131 Å². The molecule has 3 aliphatic carbocycles. The summed E-state index contributed by atoms with van der Waals surface area (Å²) in [5, 5.41) is 134. The van der Waals surface area contributed by atoms with E-state index in [0.29, 0.717) is 18.4 Å². The van der Waals surface area contributed by atoms with Gasteiger partial charge in [0.25, 0.3) is 0 Å². The van der Waals surface area contributed by atoms with Crippen molar-refractivity contribution in [2.45, 2.75) is 168 Å². The lowest BCUT2D eigenvalue weighted by molar-refractivity contribution is -0.284. The van der Waals surface area contributed by atoms with E-state index in [1.165, 1.54) is 71.6 Å². The predicted molar refractivity (Wildman–Crippen MR) is 388 cm³/mol. The van der Waals surface area contributed by atoms with Gasteiger partial charge in [-0.05, 0) is 144 Å². The monoisotopic (exact) mass is 1560 g/mol. The van der Waals surface area contributed by atoms with E-state index in [0.717, 1.165) is 68.5 Å². The number of aliphatic hydroxyl groups excluding tert-OH is 4. The van der Waals surface area contributed by atoms with Gasteiger partial charge in [-0.25, -0.2) is 4.79 Å². The zero-order valence-electron chi connectivity index (χ0n) is 59.4. The van der Waals surface area contributed by atoms with E-state index in [2.05, 4.69) is 44.1 Å². The van der Waals surface area contributed by atoms with E-state index in [4.69, 9.17) is 46.9 Å². The number of carbonyl (C=O) groups is 8. The minimum absolute atomic E-state index is 0.0860. The van der Waals surface area contributed by atoms with Gasteiger partial charge in [-0.3, -0.25) is 38.5 Å². The number of hydrogen-bond donors (Lipinski definition) is 17. The highest BCUT2D eigenvalue weighted by Crippen LogP contribution is 2.55. The molecule has 15 rings (SSSR count). The van der Waals surface area contributed by atoms with Crippen molar-refractivity contribution >= 4 is 70.5 Å². The van der Waals surface area contributed by atoms with Crippen LogP contribution in [0, 0.1) is 5.92 Å². The maximum atomic E-state index is 16.4. The van der Waals surface area contributed by atoms with Crippen LogP contribution in [0.3, 0.4) is 0 Å². The smallest absolute Gasteiger partial charge is 0.330 e. The fourth-order valence-corrected chi connectivity index (χ4v) is 15.8. The summed E-state index contributed by atoms with van der Waals surface area (Å²) in [7, 11) is 3.16. The molecule has 33 heteroatoms. The summed E-state index contributed by atoms with van der Waals surface area (Å²) < 4.78 is 31.9. The number of phenols is 3. The zero-order chi connectivity index (χ0) is 78.5. The Kier molecular flexibility index (Phi) is 22.7. The first-order chi connectivity index (χ1) is 52.5. The number of likely N-dealkylation sites (N-methyl/N-ethyl adjacent to an activating group) is 1. The molecule has 17 N–H and O–H groups in total. The second kappa shape index (κ2) is 32.0. The molecule has 0 saturated carbocycles. The maximum Gasteiger partial charge on any atom is 0.330 e. The molecule has 582 valence electrons. The van der Waals surface area contributed by atoms with Crippen LogP contribution in [0.5, 0.6) is 51.7 Å². The molecule has 31 nitrogen and oxygen atoms in total. The van der Waals surface area contributed by atoms with Crippen LogP contribution >= 0.6 is 23.2 Å². The van der Waals surface area contributed by atoms with Gasteiger partial charge in [-0.15, -0.1) is 0 Å². The zero-order valence-corrected chi connectivity index (χ0v) is 61.0. The number of aliphatic hydroxyl groups is 6. The minimum Gasteiger partial charge on any atom is -0.508 e. The number of rotatable bonds is 14. The number of nitrogens with one attached hydrogen (secondary N) is 7. The van der Waals surface area contributed by atoms with E-state index in [1.807, 2.05) is 0 Å². The molecule has 10 aliphatic rings. The normalized spacial score (nSPS) is 27.7. The number of unbranched alkanes of at least 4 members (excludes halogenated alkanes) is 6. The quantitative estimate of drug-likeness (QED) is 0.0541. The maximum absolute atomic E-state index is 16.4. The lowest BCUT2D eigenvalue weighted by atomic mass is 9.77. The summed E-state index contributed by atoms with van der Waals surface area (Å²) in [6, 6.07) is 2.09. The van der Waals surface area contributed by atoms with Gasteiger partial charge in [0.15, 0.2) is 35.3 Å². The Bertz CT molecular complexity index is 4680. The first-order valence-corrected chi connectivity index (χ1v) is 36.7. The average molecular weight is 1560 g/mol. The van der Waals surface area contributed by atoms with Crippen LogP contribution in [0.2, 0.25) is 10.0 Å². The number of nitrogens with zero attached hydrogens (tertiary/aromatic N) is 1. The van der Waals surface area contributed by atoms with Crippen molar-refractivity contribution in [1.82, 2.24) is 42.1 Å². The van der Waals surface area contributed by atoms with E-state index < -0.39 is 197 Å². The van der Waals surface area contributed by atoms with E-state index in [1.54, 1.807) is 14.1 Å². The van der Waals surface area contributed by atoms with Crippen molar-refractivity contribution < 1.29 is 113 Å². The van der Waals surface area contributed by atoms with Crippen LogP contribution in [-0.4, -0.2) is 191 Å². The van der Waals surface area contributed by atoms with Crippen LogP contribution in [0.4, 0.5) is 0 Å². The van der Waals surface area contributed by atoms with Crippen LogP contribution < -0.4 is 51.4 Å². The standard InChI is InChI=1S/C77H82Cl2N8O23/c1-4-5-6-7-8-9-10-11-56(92)81-62-67(95)66(94)55(32-88)109-76(62)110-68-36-15-19-51(47(79)25-36)108-54-28-38-27-53(65(54)93)107-50-18-12-33(20-46(50)78)21-48-69(96)82-59(37-22-39(89)29-41(23-37)106-52-26-35(14-17-49(52)91)64(87(2)3)74(101)80-48)71(98)84-60(38)72(99)83-58-34-13-16-44-42(24-34)57-43(30-40(90)31-45(57)77(44,104)105)61(75(102)103)85-73(100)63(68)86-70(58)97/h12-20,22-23,25-30,40,42,48,55,58-64,66-68,76,88-91,93-95,104-105H,4-11,21,24,31-32H2,1-3H3,(H,80,101)(H,81,92)(H,82,96)(H,83,99)(H,84,98)(H,85,100)(H,86,97)(H,102,103)/t40?,42?,48-,55?,58-,59?,60-,61+,62?,63+,64-,66-,67?,68-,76+/m1/s1. The van der Waals surface area contributed by atoms with Crippen molar-refractivity contribution in [2.24, 2.45) is 5.92 Å². The number of benzene rings is 5. The molecule has 2 saturated heterocycles. The molecule has 5 aromatic carbocycles. The van der Waals surface area contributed by atoms with Gasteiger partial charge in [0, 0.05) is 36.8 Å². The number of aromatic hydroxyl groups is 3. The van der Waals surface area contributed by atoms with Gasteiger partial charge in [-0.2, -0.15) is 0 Å². The third-order valence-electron chi connectivity index (χ3n) is 20.9. The number of phenolic OH excluding ortho intramolecular Hbond substituents is 3. The van der Waals surface area contributed by atoms with E-state index in [-0.39, 0.29) is 91.0 Å². The Balaban J connectivity index is 0.995. The van der Waals surface area contributed by atoms with Crippen molar-refractivity contribution in [3.8, 4) is 51.7 Å². The lowest BCUT2D eigenvalue weighted by Crippen LogP contribution is -2.66. The molecule has 7 aliphatic heterocycles. The van der Waals surface area contributed by atoms with Crippen LogP contribution in [0.25, 0.3) is 0 Å². The number of halogens is 2. The van der Waals surface area contributed by atoms with Crippen molar-refractivity contribution in [3.63, 3.8) is 0 Å². The summed E-state index contributed by atoms with van der Waals surface area (Å²) >= 11 is 14.3. The molecule has 2 fully saturated rings. The van der Waals surface area contributed by atoms with Gasteiger partial charge in [0.05, 0.1) is 22.8 Å². The number of carboxylic acids is 1. The molecule has 5 aromatic rings. The fraction of sp³-hybridized carbons (Fsp3) is 0.403. The minimum atomic E-state index is -2.91. The van der Waals surface area contributed by atoms with Crippen molar-refractivity contribution in [1.29, 1.82) is 0 Å². The molecule has 7 heterocycles. The molecule has 110 heavy (non-hydrogen) atoms. The molecular weight excluding hydrogens is 1480 g/mol. The van der Waals surface area contributed by atoms with Crippen LogP contribution in [0.1, 0.15) is 123 Å². The fourth-order valence-electron chi connectivity index (χ4n) is 15.4. The molecule has 15 atom stereocenters. The topological polar surface area (TPSA) is 472 Å². The average Bonchev–Trinajstić information content (AvgIpc) is 1.57. The lowest BCUT2D eigenvalue weighted by Gasteiger charge is -2.44. The Morgan fingerprint density at radius 1 is 0.636 bits per heavy atom. The van der Waals surface area contributed by atoms with Gasteiger partial charge in [-0.1, -0.05) is 99.0 Å². The highest BCUT2D eigenvalue weighted by molar-refractivity contribution is 6.32. The molecule has 7 amide bonds. The SMILES string of the molecule is CCCCCCCCCC(=O)NC1C(O)[C@H](O)C(CO)O[C@H]1O[C@@H]1c2ccc(c(Cl)c2)Oc2cc3cc(c2O)Oc2ccc(cc2Cl)C[C@H]2NC(=O)[C@H](N(C)C)c4ccc(O)c(c4)Oc4cc(O)cc(c4)C(NC2=O)C(=O)N[C@H]3C(=O)N[C@H]2C(=O)N[C@@H]1C(=O)N[C@H](C(=O)O)C1=CC(O)CC3=C1C1CC2=CC=C1C3(O)O. The number of aliphatic carboxylic acids is 1. The Labute approximate surface area is 638 Å². The first-order valence-electron chi connectivity index (χ1n) is 35.9. The van der Waals surface area contributed by atoms with E-state index in [9.17, 15) is 65.4 Å². The third-order valence-corrected chi connectivity index (χ3v) is 21.4. The Hall–Kier alpha value is -10.2. The highest BCUT2D eigenvalue weighted by Gasteiger charge is 2.55. The van der Waals surface area contributed by atoms with Gasteiger partial charge in [0.1, 0.15) is 89.7 Å². The second-order valence-corrected chi connectivity index (χ2v) is 29.5. The van der Waals surface area contributed by atoms with Crippen LogP contribution in [-0.2, 0) is 54.3 Å². The molecule has 0 spiro atoms. The summed E-state index contributed by atoms with van der Waals surface area (Å²) in [6.45, 7) is 1.10. The van der Waals surface area contributed by atoms with Gasteiger partial charge in [0.2, 0.25) is 52.9 Å². The Morgan fingerprint density at radius 2 is 1.27 bits per heavy atom. The summed E-state index contributed by atoms with van der Waals surface area (Å²) in [5.41, 5.74) is -1.20. The largest absolute Gasteiger partial charge is 0.508 e. The third kappa shape index (κ3) is 15.8. The molecule has 6 unspecified atom stereocenters. The summed E-state index contributed by atoms with van der Waals surface area (Å²) in [6.07, 6.45) is -3.30. The number of carboxylic acid groups (broad SMARTS) is 1.